The molecule has 1 aliphatic heterocycles. The third-order valence-electron chi connectivity index (χ3n) is 5.82. The minimum absolute atomic E-state index is 0.235. The lowest BCUT2D eigenvalue weighted by Gasteiger charge is -2.39. The largest absolute Gasteiger partial charge is 0.361 e. The van der Waals surface area contributed by atoms with Crippen LogP contribution in [0.15, 0.2) is 24.3 Å². The molecule has 5 heteroatoms. The van der Waals surface area contributed by atoms with Gasteiger partial charge in [0.2, 0.25) is 0 Å². The first-order valence-corrected chi connectivity index (χ1v) is 9.88. The normalized spacial score (nSPS) is 19.9. The number of para-hydroxylation sites is 1. The number of fused-ring (bicyclic) bond motifs is 1. The minimum Gasteiger partial charge on any atom is -0.361 e. The molecule has 1 saturated carbocycles. The van der Waals surface area contributed by atoms with Crippen molar-refractivity contribution in [3.8, 4) is 0 Å². The summed E-state index contributed by atoms with van der Waals surface area (Å²) in [6.45, 7) is 5.67. The lowest BCUT2D eigenvalue weighted by Crippen LogP contribution is -2.38. The van der Waals surface area contributed by atoms with Crippen LogP contribution in [0.5, 0.6) is 0 Å². The number of hydrogen-bond acceptors (Lipinski definition) is 4. The summed E-state index contributed by atoms with van der Waals surface area (Å²) in [5.74, 6) is 1.51. The first-order valence-electron chi connectivity index (χ1n) is 9.88. The van der Waals surface area contributed by atoms with Crippen molar-refractivity contribution in [2.75, 3.05) is 11.4 Å². The molecule has 134 valence electrons. The van der Waals surface area contributed by atoms with Gasteiger partial charge in [-0.15, -0.1) is 5.10 Å². The molecule has 1 atom stereocenters. The van der Waals surface area contributed by atoms with E-state index in [2.05, 4.69) is 63.2 Å². The molecular formula is C20H29N5. The molecule has 0 amide bonds. The second kappa shape index (κ2) is 7.14. The number of benzene rings is 1. The van der Waals surface area contributed by atoms with E-state index in [1.54, 1.807) is 0 Å². The van der Waals surface area contributed by atoms with Gasteiger partial charge in [-0.25, -0.2) is 4.68 Å². The monoisotopic (exact) mass is 339 g/mol. The summed E-state index contributed by atoms with van der Waals surface area (Å²) in [7, 11) is 0. The molecule has 1 fully saturated rings. The highest BCUT2D eigenvalue weighted by atomic mass is 15.6. The Morgan fingerprint density at radius 3 is 2.64 bits per heavy atom. The molecular weight excluding hydrogens is 310 g/mol. The van der Waals surface area contributed by atoms with Gasteiger partial charge >= 0.3 is 0 Å². The zero-order valence-electron chi connectivity index (χ0n) is 15.4. The Labute approximate surface area is 150 Å². The highest BCUT2D eigenvalue weighted by Crippen LogP contribution is 2.38. The summed E-state index contributed by atoms with van der Waals surface area (Å²) in [5, 5.41) is 13.0. The molecule has 1 aromatic heterocycles. The van der Waals surface area contributed by atoms with E-state index < -0.39 is 0 Å². The maximum absolute atomic E-state index is 4.52. The number of anilines is 1. The maximum atomic E-state index is 4.52. The molecule has 2 heterocycles. The van der Waals surface area contributed by atoms with Crippen LogP contribution in [-0.4, -0.2) is 26.8 Å². The topological polar surface area (TPSA) is 46.8 Å². The van der Waals surface area contributed by atoms with E-state index in [-0.39, 0.29) is 6.04 Å². The molecule has 4 rings (SSSR count). The number of nitrogens with zero attached hydrogens (tertiary/aromatic N) is 5. The number of hydrogen-bond donors (Lipinski definition) is 0. The third-order valence-corrected chi connectivity index (χ3v) is 5.82. The molecule has 0 unspecified atom stereocenters. The smallest absolute Gasteiger partial charge is 0.174 e. The van der Waals surface area contributed by atoms with E-state index in [1.807, 2.05) is 0 Å². The van der Waals surface area contributed by atoms with Gasteiger partial charge in [0, 0.05) is 12.2 Å². The van der Waals surface area contributed by atoms with Crippen LogP contribution in [0.25, 0.3) is 0 Å². The molecule has 0 radical (unpaired) electrons. The van der Waals surface area contributed by atoms with Crippen LogP contribution in [0.2, 0.25) is 0 Å². The van der Waals surface area contributed by atoms with Crippen LogP contribution in [-0.2, 0) is 6.42 Å². The zero-order chi connectivity index (χ0) is 17.2. The molecule has 2 aliphatic rings. The summed E-state index contributed by atoms with van der Waals surface area (Å²) in [4.78, 5) is 2.55. The first-order chi connectivity index (χ1) is 12.3. The van der Waals surface area contributed by atoms with E-state index in [0.29, 0.717) is 12.0 Å². The van der Waals surface area contributed by atoms with Gasteiger partial charge in [-0.1, -0.05) is 51.3 Å². The molecule has 0 N–H and O–H groups in total. The molecule has 1 aliphatic carbocycles. The van der Waals surface area contributed by atoms with Crippen LogP contribution in [0.3, 0.4) is 0 Å². The van der Waals surface area contributed by atoms with Crippen molar-refractivity contribution < 1.29 is 0 Å². The molecule has 0 bridgehead atoms. The zero-order valence-corrected chi connectivity index (χ0v) is 15.4. The van der Waals surface area contributed by atoms with Crippen LogP contribution >= 0.6 is 0 Å². The number of rotatable bonds is 4. The predicted molar refractivity (Wildman–Crippen MR) is 99.6 cm³/mol. The van der Waals surface area contributed by atoms with Crippen molar-refractivity contribution in [2.45, 2.75) is 70.9 Å². The molecule has 5 nitrogen and oxygen atoms in total. The maximum Gasteiger partial charge on any atom is 0.174 e. The van der Waals surface area contributed by atoms with Crippen LogP contribution in [0, 0.1) is 5.92 Å². The summed E-state index contributed by atoms with van der Waals surface area (Å²) in [6, 6.07) is 9.54. The van der Waals surface area contributed by atoms with Crippen LogP contribution < -0.4 is 4.90 Å². The Bertz CT molecular complexity index is 702. The standard InChI is InChI=1S/C20H29N5/c1-15(2)19(24-14-8-10-16-9-6-7-13-18(16)24)20-21-22-23-25(20)17-11-4-3-5-12-17/h6-7,9,13,15,17,19H,3-5,8,10-12,14H2,1-2H3/t19-/m0/s1. The fourth-order valence-corrected chi connectivity index (χ4v) is 4.63. The van der Waals surface area contributed by atoms with Crippen molar-refractivity contribution in [1.29, 1.82) is 0 Å². The van der Waals surface area contributed by atoms with E-state index in [9.17, 15) is 0 Å². The Kier molecular flexibility index (Phi) is 4.73. The Balaban J connectivity index is 1.71. The molecule has 2 aromatic rings. The quantitative estimate of drug-likeness (QED) is 0.832. The van der Waals surface area contributed by atoms with Crippen molar-refractivity contribution in [3.05, 3.63) is 35.7 Å². The third kappa shape index (κ3) is 3.16. The van der Waals surface area contributed by atoms with Gasteiger partial charge < -0.3 is 4.90 Å². The van der Waals surface area contributed by atoms with Gasteiger partial charge in [0.15, 0.2) is 5.82 Å². The van der Waals surface area contributed by atoms with Crippen LogP contribution in [0.4, 0.5) is 5.69 Å². The first kappa shape index (κ1) is 16.6. The van der Waals surface area contributed by atoms with E-state index in [0.717, 1.165) is 12.4 Å². The number of aromatic nitrogens is 4. The van der Waals surface area contributed by atoms with Crippen molar-refractivity contribution >= 4 is 5.69 Å². The lowest BCUT2D eigenvalue weighted by molar-refractivity contribution is 0.301. The second-order valence-electron chi connectivity index (χ2n) is 7.89. The average molecular weight is 339 g/mol. The highest BCUT2D eigenvalue weighted by molar-refractivity contribution is 5.56. The molecule has 0 saturated heterocycles. The summed E-state index contributed by atoms with van der Waals surface area (Å²) >= 11 is 0. The molecule has 25 heavy (non-hydrogen) atoms. The summed E-state index contributed by atoms with van der Waals surface area (Å²) < 4.78 is 2.15. The minimum atomic E-state index is 0.235. The van der Waals surface area contributed by atoms with Crippen molar-refractivity contribution in [1.82, 2.24) is 20.2 Å². The fraction of sp³-hybridized carbons (Fsp3) is 0.650. The SMILES string of the molecule is CC(C)[C@@H](c1nnnn1C1CCCCC1)N1CCCc2ccccc21. The van der Waals surface area contributed by atoms with Crippen LogP contribution in [0.1, 0.15) is 75.8 Å². The number of aryl methyl sites for hydroxylation is 1. The van der Waals surface area contributed by atoms with Gasteiger partial charge in [0.25, 0.3) is 0 Å². The van der Waals surface area contributed by atoms with Crippen molar-refractivity contribution in [2.24, 2.45) is 5.92 Å². The Morgan fingerprint density at radius 2 is 1.84 bits per heavy atom. The second-order valence-corrected chi connectivity index (χ2v) is 7.89. The van der Waals surface area contributed by atoms with Gasteiger partial charge in [0.05, 0.1) is 12.1 Å². The predicted octanol–water partition coefficient (Wildman–Crippen LogP) is 4.33. The van der Waals surface area contributed by atoms with Gasteiger partial charge in [-0.05, 0) is 53.7 Å². The van der Waals surface area contributed by atoms with E-state index >= 15 is 0 Å². The molecule has 1 aromatic carbocycles. The lowest BCUT2D eigenvalue weighted by atomic mass is 9.93. The highest BCUT2D eigenvalue weighted by Gasteiger charge is 2.33. The summed E-state index contributed by atoms with van der Waals surface area (Å²) in [6.07, 6.45) is 8.72. The van der Waals surface area contributed by atoms with Gasteiger partial charge in [-0.3, -0.25) is 0 Å². The fourth-order valence-electron chi connectivity index (χ4n) is 4.63. The Hall–Kier alpha value is -1.91. The Morgan fingerprint density at radius 1 is 1.04 bits per heavy atom. The van der Waals surface area contributed by atoms with Gasteiger partial charge in [-0.2, -0.15) is 0 Å². The summed E-state index contributed by atoms with van der Waals surface area (Å²) in [5.41, 5.74) is 2.82. The molecule has 0 spiro atoms. The average Bonchev–Trinajstić information content (AvgIpc) is 3.12. The number of tetrazole rings is 1. The van der Waals surface area contributed by atoms with Crippen molar-refractivity contribution in [3.63, 3.8) is 0 Å². The van der Waals surface area contributed by atoms with E-state index in [1.165, 1.54) is 56.2 Å². The van der Waals surface area contributed by atoms with E-state index in [4.69, 9.17) is 0 Å². The van der Waals surface area contributed by atoms with Gasteiger partial charge in [0.1, 0.15) is 0 Å².